The van der Waals surface area contributed by atoms with Crippen molar-refractivity contribution < 1.29 is 9.59 Å². The predicted octanol–water partition coefficient (Wildman–Crippen LogP) is 17.3. The lowest BCUT2D eigenvalue weighted by Gasteiger charge is -2.27. The Kier molecular flexibility index (Phi) is 64.1. The Bertz CT molecular complexity index is 1230. The molecule has 0 aromatic rings. The maximum atomic E-state index is 12.6. The molecule has 79 heavy (non-hydrogen) atoms. The highest BCUT2D eigenvalue weighted by molar-refractivity contribution is 5.76. The first-order valence-electron chi connectivity index (χ1n) is 35.4. The maximum absolute atomic E-state index is 12.6. The smallest absolute Gasteiger partial charge is 0.221 e. The highest BCUT2D eigenvalue weighted by atomic mass is 16.3. The molecule has 0 bridgehead atoms. The van der Waals surface area contributed by atoms with Gasteiger partial charge in [0.1, 0.15) is 6.04 Å². The van der Waals surface area contributed by atoms with Crippen LogP contribution in [0.3, 0.4) is 0 Å². The van der Waals surface area contributed by atoms with Gasteiger partial charge in [-0.05, 0) is 64.7 Å². The van der Waals surface area contributed by atoms with Gasteiger partial charge in [-0.1, -0.05) is 290 Å². The van der Waals surface area contributed by atoms with Crippen molar-refractivity contribution in [1.29, 1.82) is 0 Å². The summed E-state index contributed by atoms with van der Waals surface area (Å²) in [4.78, 5) is 42.6. The molecule has 0 fully saturated rings. The van der Waals surface area contributed by atoms with Crippen molar-refractivity contribution in [2.24, 2.45) is 10.9 Å². The Morgan fingerprint density at radius 2 is 0.595 bits per heavy atom. The zero-order valence-corrected chi connectivity index (χ0v) is 53.7. The Balaban J connectivity index is 5.09. The molecule has 0 aliphatic carbocycles. The molecule has 6 N–H and O–H groups in total. The number of rotatable bonds is 68. The average molecular weight is 1120 g/mol. The van der Waals surface area contributed by atoms with Gasteiger partial charge in [0, 0.05) is 71.2 Å². The largest absolute Gasteiger partial charge is 0.356 e. The molecule has 0 spiro atoms. The van der Waals surface area contributed by atoms with Gasteiger partial charge in [0.05, 0.1) is 0 Å². The molecule has 0 saturated heterocycles. The molecule has 0 heterocycles. The molecule has 0 rings (SSSR count). The van der Waals surface area contributed by atoms with Crippen molar-refractivity contribution in [3.05, 3.63) is 4.91 Å². The van der Waals surface area contributed by atoms with Gasteiger partial charge in [0.2, 0.25) is 11.8 Å². The molecule has 2 amide bonds. The number of carbonyl (C=O) groups is 2. The summed E-state index contributed by atoms with van der Waals surface area (Å²) >= 11 is 0. The SMILES string of the molecule is CCCCCCCCCCCCCCN(CCCCN(CCCCCCCCCCCCCC)CC(CNCCC(=O)NCCCCCCCCCCCC)N=O)CC(N)CNCCC(=O)NCCCCCCCCCCCC. The van der Waals surface area contributed by atoms with Crippen LogP contribution < -0.4 is 27.0 Å². The molecule has 2 atom stereocenters. The number of nitrogens with zero attached hydrogens (tertiary/aromatic N) is 3. The fraction of sp³-hybridized carbons (Fsp3) is 0.971. The number of hydrogen-bond acceptors (Lipinski definition) is 9. The van der Waals surface area contributed by atoms with Crippen molar-refractivity contribution in [2.45, 2.75) is 348 Å². The van der Waals surface area contributed by atoms with E-state index >= 15 is 0 Å². The lowest BCUT2D eigenvalue weighted by Crippen LogP contribution is -2.45. The summed E-state index contributed by atoms with van der Waals surface area (Å²) in [7, 11) is 0. The van der Waals surface area contributed by atoms with Crippen LogP contribution in [0.25, 0.3) is 0 Å². The number of nitrogens with one attached hydrogen (secondary N) is 4. The highest BCUT2D eigenvalue weighted by Gasteiger charge is 2.17. The maximum Gasteiger partial charge on any atom is 0.221 e. The Labute approximate surface area is 492 Å². The molecule has 0 aromatic carbocycles. The molecular weight excluding hydrogens is 977 g/mol. The minimum Gasteiger partial charge on any atom is -0.356 e. The van der Waals surface area contributed by atoms with Crippen molar-refractivity contribution in [3.8, 4) is 0 Å². The standard InChI is InChI=1S/C68H140N8O3/c1-5-9-13-17-21-25-29-31-35-39-43-47-57-75(63-65(69)61-70-55-51-67(77)72-53-45-41-37-33-27-23-19-15-11-7-3)59-49-50-60-76(58-48-44-40-36-32-30-26-22-18-14-10-6-2)64-66(74-79)62-71-56-52-68(78)73-54-46-42-38-34-28-24-20-16-12-8-4/h65-66,70-71H,5-64,69H2,1-4H3,(H,72,77)(H,73,78). The van der Waals surface area contributed by atoms with Crippen LogP contribution >= 0.6 is 0 Å². The summed E-state index contributed by atoms with van der Waals surface area (Å²) in [6.07, 6.45) is 61.3. The summed E-state index contributed by atoms with van der Waals surface area (Å²) in [6.45, 7) is 18.7. The Morgan fingerprint density at radius 3 is 0.899 bits per heavy atom. The molecular formula is C68H140N8O3. The quantitative estimate of drug-likeness (QED) is 0.0299. The van der Waals surface area contributed by atoms with Crippen LogP contribution in [-0.4, -0.2) is 112 Å². The Morgan fingerprint density at radius 1 is 0.342 bits per heavy atom. The number of unbranched alkanes of at least 4 members (excludes halogenated alkanes) is 41. The van der Waals surface area contributed by atoms with E-state index in [1.165, 1.54) is 263 Å². The van der Waals surface area contributed by atoms with Gasteiger partial charge in [0.15, 0.2) is 0 Å². The fourth-order valence-corrected chi connectivity index (χ4v) is 11.3. The average Bonchev–Trinajstić information content (AvgIpc) is 3.44. The third-order valence-electron chi connectivity index (χ3n) is 16.5. The minimum atomic E-state index is -0.338. The predicted molar refractivity (Wildman–Crippen MR) is 347 cm³/mol. The van der Waals surface area contributed by atoms with Gasteiger partial charge in [0.25, 0.3) is 0 Å². The van der Waals surface area contributed by atoms with E-state index in [1.807, 2.05) is 0 Å². The first-order valence-corrected chi connectivity index (χ1v) is 35.4. The Hall–Kier alpha value is -1.66. The second-order valence-corrected chi connectivity index (χ2v) is 24.6. The van der Waals surface area contributed by atoms with E-state index < -0.39 is 0 Å². The van der Waals surface area contributed by atoms with Crippen LogP contribution in [-0.2, 0) is 9.59 Å². The third kappa shape index (κ3) is 60.7. The monoisotopic (exact) mass is 1120 g/mol. The van der Waals surface area contributed by atoms with Crippen LogP contribution in [0.1, 0.15) is 336 Å². The van der Waals surface area contributed by atoms with Crippen molar-refractivity contribution in [1.82, 2.24) is 31.1 Å². The summed E-state index contributed by atoms with van der Waals surface area (Å²) in [5.74, 6) is 0.228. The van der Waals surface area contributed by atoms with Crippen LogP contribution in [0, 0.1) is 4.91 Å². The van der Waals surface area contributed by atoms with E-state index in [1.54, 1.807) is 0 Å². The zero-order valence-electron chi connectivity index (χ0n) is 53.7. The highest BCUT2D eigenvalue weighted by Crippen LogP contribution is 2.16. The summed E-state index contributed by atoms with van der Waals surface area (Å²) in [5.41, 5.74) is 6.81. The van der Waals surface area contributed by atoms with Gasteiger partial charge >= 0.3 is 0 Å². The summed E-state index contributed by atoms with van der Waals surface area (Å²) < 4.78 is 0. The second kappa shape index (κ2) is 65.5. The lowest BCUT2D eigenvalue weighted by atomic mass is 10.1. The topological polar surface area (TPSA) is 144 Å². The molecule has 0 aliphatic rings. The van der Waals surface area contributed by atoms with Crippen molar-refractivity contribution >= 4 is 11.8 Å². The molecule has 0 saturated carbocycles. The van der Waals surface area contributed by atoms with E-state index in [-0.39, 0.29) is 23.9 Å². The van der Waals surface area contributed by atoms with E-state index in [0.717, 1.165) is 77.9 Å². The van der Waals surface area contributed by atoms with Crippen LogP contribution in [0.2, 0.25) is 0 Å². The number of carbonyl (C=O) groups excluding carboxylic acids is 2. The first kappa shape index (κ1) is 77.3. The zero-order chi connectivity index (χ0) is 57.4. The lowest BCUT2D eigenvalue weighted by molar-refractivity contribution is -0.121. The van der Waals surface area contributed by atoms with Gasteiger partial charge in [-0.3, -0.25) is 9.59 Å². The van der Waals surface area contributed by atoms with E-state index in [0.29, 0.717) is 45.6 Å². The minimum absolute atomic E-state index is 0.0110. The van der Waals surface area contributed by atoms with Gasteiger partial charge in [-0.15, -0.1) is 0 Å². The van der Waals surface area contributed by atoms with Crippen LogP contribution in [0.5, 0.6) is 0 Å². The molecule has 0 aromatic heterocycles. The normalized spacial score (nSPS) is 12.5. The molecule has 11 heteroatoms. The molecule has 0 aliphatic heterocycles. The van der Waals surface area contributed by atoms with Gasteiger partial charge in [-0.25, -0.2) is 0 Å². The number of nitroso groups, excluding NO2 is 1. The van der Waals surface area contributed by atoms with Crippen molar-refractivity contribution in [3.63, 3.8) is 0 Å². The van der Waals surface area contributed by atoms with E-state index in [2.05, 4.69) is 63.9 Å². The van der Waals surface area contributed by atoms with Gasteiger partial charge < -0.3 is 36.8 Å². The molecule has 2 unspecified atom stereocenters. The van der Waals surface area contributed by atoms with Gasteiger partial charge in [-0.2, -0.15) is 4.91 Å². The first-order chi connectivity index (χ1) is 38.9. The molecule has 470 valence electrons. The fourth-order valence-electron chi connectivity index (χ4n) is 11.3. The van der Waals surface area contributed by atoms with E-state index in [9.17, 15) is 14.5 Å². The van der Waals surface area contributed by atoms with E-state index in [4.69, 9.17) is 5.73 Å². The summed E-state index contributed by atoms with van der Waals surface area (Å²) in [5, 5.41) is 16.8. The number of amides is 2. The molecule has 11 nitrogen and oxygen atoms in total. The number of nitrogens with two attached hydrogens (primary N) is 1. The second-order valence-electron chi connectivity index (χ2n) is 24.6. The van der Waals surface area contributed by atoms with Crippen LogP contribution in [0.4, 0.5) is 0 Å². The van der Waals surface area contributed by atoms with Crippen molar-refractivity contribution in [2.75, 3.05) is 78.5 Å². The van der Waals surface area contributed by atoms with Crippen LogP contribution in [0.15, 0.2) is 5.18 Å². The molecule has 0 radical (unpaired) electrons. The summed E-state index contributed by atoms with van der Waals surface area (Å²) in [6, 6.07) is -0.327. The third-order valence-corrected chi connectivity index (χ3v) is 16.5. The number of hydrogen-bond donors (Lipinski definition) is 5.